The Hall–Kier alpha value is -2.29. The lowest BCUT2D eigenvalue weighted by Crippen LogP contribution is -2.40. The van der Waals surface area contributed by atoms with Crippen molar-refractivity contribution in [1.29, 1.82) is 0 Å². The Morgan fingerprint density at radius 3 is 2.54 bits per heavy atom. The molecule has 0 saturated heterocycles. The quantitative estimate of drug-likeness (QED) is 0.666. The highest BCUT2D eigenvalue weighted by Crippen LogP contribution is 2.25. The second-order valence-electron chi connectivity index (χ2n) is 7.11. The number of imidazole rings is 1. The van der Waals surface area contributed by atoms with Gasteiger partial charge >= 0.3 is 5.69 Å². The molecule has 8 nitrogen and oxygen atoms in total. The van der Waals surface area contributed by atoms with Crippen LogP contribution in [0.2, 0.25) is 10.0 Å². The van der Waals surface area contributed by atoms with E-state index in [1.54, 1.807) is 36.9 Å². The highest BCUT2D eigenvalue weighted by Gasteiger charge is 2.29. The highest BCUT2D eigenvalue weighted by atomic mass is 35.5. The summed E-state index contributed by atoms with van der Waals surface area (Å²) < 4.78 is 4.16. The Kier molecular flexibility index (Phi) is 4.73. The molecule has 10 heteroatoms. The summed E-state index contributed by atoms with van der Waals surface area (Å²) in [6.07, 6.45) is 0.952. The van der Waals surface area contributed by atoms with Crippen molar-refractivity contribution in [2.45, 2.75) is 31.5 Å². The average molecular weight is 424 g/mol. The average Bonchev–Trinajstić information content (AvgIpc) is 2.95. The first-order valence-corrected chi connectivity index (χ1v) is 9.56. The fraction of sp³-hybridized carbons (Fsp3) is 0.389. The Morgan fingerprint density at radius 2 is 1.89 bits per heavy atom. The minimum Gasteiger partial charge on any atom is -0.393 e. The number of fused-ring (bicyclic) bond motifs is 1. The molecule has 1 aromatic carbocycles. The first-order valence-electron chi connectivity index (χ1n) is 8.81. The fourth-order valence-corrected chi connectivity index (χ4v) is 3.74. The molecule has 3 aromatic rings. The van der Waals surface area contributed by atoms with Crippen molar-refractivity contribution >= 4 is 40.3 Å². The first kappa shape index (κ1) is 19.0. The normalized spacial score (nSPS) is 19.0. The summed E-state index contributed by atoms with van der Waals surface area (Å²) in [6, 6.07) is 5.09. The lowest BCUT2D eigenvalue weighted by atomic mass is 9.90. The lowest BCUT2D eigenvalue weighted by Gasteiger charge is -2.32. The standard InChI is InChI=1S/C18H19Cl2N5O3/c1-23-14-15(22-17(23)21-10-6-11(26)7-10)24(2)18(28)25(16(14)27)8-9-3-4-12(19)13(20)5-9/h3-5,10-11,26H,6-8H2,1-2H3,(H,21,22)/t10-,11+. The second-order valence-corrected chi connectivity index (χ2v) is 7.93. The van der Waals surface area contributed by atoms with Gasteiger partial charge in [-0.25, -0.2) is 4.79 Å². The SMILES string of the molecule is Cn1c(N[C@H]2C[C@@H](O)C2)nc2c1c(=O)n(Cc1ccc(Cl)c(Cl)c1)c(=O)n2C. The van der Waals surface area contributed by atoms with Crippen LogP contribution in [0, 0.1) is 0 Å². The molecule has 28 heavy (non-hydrogen) atoms. The van der Waals surface area contributed by atoms with Crippen LogP contribution in [0.25, 0.3) is 11.2 Å². The molecule has 2 heterocycles. The largest absolute Gasteiger partial charge is 0.393 e. The molecule has 148 valence electrons. The van der Waals surface area contributed by atoms with E-state index in [-0.39, 0.29) is 18.7 Å². The number of anilines is 1. The molecule has 0 bridgehead atoms. The number of aliphatic hydroxyl groups excluding tert-OH is 1. The summed E-state index contributed by atoms with van der Waals surface area (Å²) in [5, 5.41) is 13.4. The molecule has 0 radical (unpaired) electrons. The van der Waals surface area contributed by atoms with Crippen molar-refractivity contribution in [1.82, 2.24) is 18.7 Å². The van der Waals surface area contributed by atoms with E-state index in [1.165, 1.54) is 4.57 Å². The van der Waals surface area contributed by atoms with Gasteiger partial charge in [0, 0.05) is 20.1 Å². The number of hydrogen-bond donors (Lipinski definition) is 2. The van der Waals surface area contributed by atoms with Gasteiger partial charge in [0.2, 0.25) is 5.95 Å². The van der Waals surface area contributed by atoms with Gasteiger partial charge in [0.25, 0.3) is 5.56 Å². The number of aliphatic hydroxyl groups is 1. The van der Waals surface area contributed by atoms with Gasteiger partial charge in [-0.3, -0.25) is 13.9 Å². The molecule has 1 aliphatic rings. The number of halogens is 2. The molecule has 0 aliphatic heterocycles. The van der Waals surface area contributed by atoms with Crippen LogP contribution in [0.1, 0.15) is 18.4 Å². The third-order valence-corrected chi connectivity index (χ3v) is 5.87. The van der Waals surface area contributed by atoms with Crippen LogP contribution in [-0.4, -0.2) is 35.9 Å². The molecule has 1 saturated carbocycles. The van der Waals surface area contributed by atoms with Crippen LogP contribution in [0.4, 0.5) is 5.95 Å². The number of aromatic nitrogens is 4. The van der Waals surface area contributed by atoms with Crippen LogP contribution in [0.5, 0.6) is 0 Å². The van der Waals surface area contributed by atoms with Crippen LogP contribution in [0.15, 0.2) is 27.8 Å². The summed E-state index contributed by atoms with van der Waals surface area (Å²) in [5.74, 6) is 0.492. The van der Waals surface area contributed by atoms with Crippen molar-refractivity contribution in [3.05, 3.63) is 54.6 Å². The van der Waals surface area contributed by atoms with E-state index in [9.17, 15) is 14.7 Å². The lowest BCUT2D eigenvalue weighted by molar-refractivity contribution is 0.0833. The minimum absolute atomic E-state index is 0.0705. The molecule has 0 unspecified atom stereocenters. The van der Waals surface area contributed by atoms with Gasteiger partial charge in [0.05, 0.1) is 22.7 Å². The smallest absolute Gasteiger partial charge is 0.332 e. The molecule has 0 amide bonds. The summed E-state index contributed by atoms with van der Waals surface area (Å²) in [7, 11) is 3.31. The fourth-order valence-electron chi connectivity index (χ4n) is 3.42. The van der Waals surface area contributed by atoms with Crippen LogP contribution < -0.4 is 16.6 Å². The number of rotatable bonds is 4. The van der Waals surface area contributed by atoms with Crippen molar-refractivity contribution in [2.24, 2.45) is 14.1 Å². The molecular formula is C18H19Cl2N5O3. The molecule has 2 N–H and O–H groups in total. The Bertz CT molecular complexity index is 1190. The van der Waals surface area contributed by atoms with E-state index in [4.69, 9.17) is 23.2 Å². The number of hydrogen-bond acceptors (Lipinski definition) is 5. The zero-order valence-electron chi connectivity index (χ0n) is 15.3. The number of benzene rings is 1. The maximum Gasteiger partial charge on any atom is 0.332 e. The van der Waals surface area contributed by atoms with E-state index in [0.29, 0.717) is 45.6 Å². The monoisotopic (exact) mass is 423 g/mol. The van der Waals surface area contributed by atoms with E-state index in [2.05, 4.69) is 10.3 Å². The zero-order chi connectivity index (χ0) is 20.2. The summed E-state index contributed by atoms with van der Waals surface area (Å²) in [6.45, 7) is 0.0705. The minimum atomic E-state index is -0.465. The summed E-state index contributed by atoms with van der Waals surface area (Å²) in [5.41, 5.74) is 0.430. The molecule has 2 aromatic heterocycles. The van der Waals surface area contributed by atoms with E-state index < -0.39 is 11.2 Å². The van der Waals surface area contributed by atoms with Crippen molar-refractivity contribution in [2.75, 3.05) is 5.32 Å². The third kappa shape index (κ3) is 3.11. The van der Waals surface area contributed by atoms with Gasteiger partial charge in [0.15, 0.2) is 11.2 Å². The summed E-state index contributed by atoms with van der Waals surface area (Å²) in [4.78, 5) is 30.3. The molecule has 0 atom stereocenters. The maximum atomic E-state index is 13.1. The zero-order valence-corrected chi connectivity index (χ0v) is 16.8. The molecule has 1 aliphatic carbocycles. The third-order valence-electron chi connectivity index (χ3n) is 5.13. The van der Waals surface area contributed by atoms with Crippen molar-refractivity contribution in [3.8, 4) is 0 Å². The van der Waals surface area contributed by atoms with E-state index in [1.807, 2.05) is 0 Å². The number of aryl methyl sites for hydroxylation is 2. The Morgan fingerprint density at radius 1 is 1.18 bits per heavy atom. The topological polar surface area (TPSA) is 94.1 Å². The molecule has 4 rings (SSSR count). The Balaban J connectivity index is 1.79. The van der Waals surface area contributed by atoms with Gasteiger partial charge in [0.1, 0.15) is 0 Å². The van der Waals surface area contributed by atoms with Gasteiger partial charge in [-0.1, -0.05) is 29.3 Å². The Labute approximate surface area is 169 Å². The number of nitrogens with zero attached hydrogens (tertiary/aromatic N) is 4. The van der Waals surface area contributed by atoms with Crippen LogP contribution >= 0.6 is 23.2 Å². The van der Waals surface area contributed by atoms with Crippen molar-refractivity contribution < 1.29 is 5.11 Å². The highest BCUT2D eigenvalue weighted by molar-refractivity contribution is 6.42. The predicted molar refractivity (Wildman–Crippen MR) is 108 cm³/mol. The van der Waals surface area contributed by atoms with E-state index >= 15 is 0 Å². The van der Waals surface area contributed by atoms with Gasteiger partial charge in [-0.15, -0.1) is 0 Å². The maximum absolute atomic E-state index is 13.1. The van der Waals surface area contributed by atoms with Gasteiger partial charge < -0.3 is 15.0 Å². The second kappa shape index (κ2) is 6.95. The molecule has 1 fully saturated rings. The van der Waals surface area contributed by atoms with Crippen molar-refractivity contribution in [3.63, 3.8) is 0 Å². The van der Waals surface area contributed by atoms with Gasteiger partial charge in [-0.05, 0) is 30.5 Å². The van der Waals surface area contributed by atoms with E-state index in [0.717, 1.165) is 4.57 Å². The van der Waals surface area contributed by atoms with Crippen LogP contribution in [0.3, 0.4) is 0 Å². The molecular weight excluding hydrogens is 405 g/mol. The van der Waals surface area contributed by atoms with Crippen LogP contribution in [-0.2, 0) is 20.6 Å². The molecule has 0 spiro atoms. The number of nitrogens with one attached hydrogen (secondary N) is 1. The van der Waals surface area contributed by atoms with Gasteiger partial charge in [-0.2, -0.15) is 4.98 Å². The summed E-state index contributed by atoms with van der Waals surface area (Å²) >= 11 is 12.0. The predicted octanol–water partition coefficient (Wildman–Crippen LogP) is 1.72. The first-order chi connectivity index (χ1) is 13.3.